The fraction of sp³-hybridized carbons (Fsp3) is 0.250. The minimum atomic E-state index is -0.885. The first kappa shape index (κ1) is 12.6. The van der Waals surface area contributed by atoms with Crippen molar-refractivity contribution in [3.63, 3.8) is 0 Å². The predicted molar refractivity (Wildman–Crippen MR) is 65.4 cm³/mol. The van der Waals surface area contributed by atoms with Crippen LogP contribution in [0.1, 0.15) is 16.9 Å². The van der Waals surface area contributed by atoms with E-state index in [0.717, 1.165) is 0 Å². The molecule has 18 heavy (non-hydrogen) atoms. The first-order chi connectivity index (χ1) is 8.56. The second-order valence-corrected chi connectivity index (χ2v) is 4.44. The van der Waals surface area contributed by atoms with Gasteiger partial charge in [0.15, 0.2) is 0 Å². The number of pyridine rings is 1. The second-order valence-electron chi connectivity index (χ2n) is 4.00. The zero-order valence-electron chi connectivity index (χ0n) is 9.34. The highest BCUT2D eigenvalue weighted by Gasteiger charge is 2.25. The number of rotatable bonds is 3. The molecule has 2 N–H and O–H groups in total. The van der Waals surface area contributed by atoms with Gasteiger partial charge in [-0.15, -0.1) is 0 Å². The number of amides is 1. The van der Waals surface area contributed by atoms with Gasteiger partial charge in [0, 0.05) is 17.3 Å². The Balaban J connectivity index is 1.97. The predicted octanol–water partition coefficient (Wildman–Crippen LogP) is 1.49. The largest absolute Gasteiger partial charge is 0.481 e. The van der Waals surface area contributed by atoms with Crippen molar-refractivity contribution < 1.29 is 14.7 Å². The molecule has 0 aliphatic heterocycles. The number of carboxylic acids is 1. The van der Waals surface area contributed by atoms with E-state index in [9.17, 15) is 9.59 Å². The topological polar surface area (TPSA) is 79.3 Å². The Morgan fingerprint density at radius 1 is 1.44 bits per heavy atom. The summed E-state index contributed by atoms with van der Waals surface area (Å²) in [7, 11) is 0. The van der Waals surface area contributed by atoms with Crippen LogP contribution in [0.15, 0.2) is 30.5 Å². The van der Waals surface area contributed by atoms with Gasteiger partial charge in [0.25, 0.3) is 5.91 Å². The highest BCUT2D eigenvalue weighted by molar-refractivity contribution is 6.30. The first-order valence-electron chi connectivity index (χ1n) is 5.40. The van der Waals surface area contributed by atoms with Crippen molar-refractivity contribution in [1.82, 2.24) is 10.3 Å². The van der Waals surface area contributed by atoms with Gasteiger partial charge < -0.3 is 10.4 Å². The van der Waals surface area contributed by atoms with Crippen LogP contribution in [0.25, 0.3) is 0 Å². The molecular formula is C12H11ClN2O3. The number of carbonyl (C=O) groups is 2. The molecule has 2 unspecified atom stereocenters. The molecule has 1 aliphatic carbocycles. The van der Waals surface area contributed by atoms with E-state index < -0.39 is 11.9 Å². The Morgan fingerprint density at radius 2 is 2.22 bits per heavy atom. The summed E-state index contributed by atoms with van der Waals surface area (Å²) < 4.78 is 0. The van der Waals surface area contributed by atoms with Gasteiger partial charge in [-0.2, -0.15) is 0 Å². The summed E-state index contributed by atoms with van der Waals surface area (Å²) in [5.41, 5.74) is 0.217. The van der Waals surface area contributed by atoms with Gasteiger partial charge in [0.1, 0.15) is 5.69 Å². The average Bonchev–Trinajstić information content (AvgIpc) is 2.77. The molecule has 0 bridgehead atoms. The van der Waals surface area contributed by atoms with E-state index in [2.05, 4.69) is 10.3 Å². The summed E-state index contributed by atoms with van der Waals surface area (Å²) >= 11 is 5.76. The van der Waals surface area contributed by atoms with E-state index in [0.29, 0.717) is 11.4 Å². The van der Waals surface area contributed by atoms with Crippen molar-refractivity contribution in [3.8, 4) is 0 Å². The van der Waals surface area contributed by atoms with Gasteiger partial charge in [0.05, 0.1) is 5.92 Å². The van der Waals surface area contributed by atoms with Crippen LogP contribution in [0.5, 0.6) is 0 Å². The number of carboxylic acid groups (broad SMARTS) is 1. The molecule has 5 nitrogen and oxygen atoms in total. The van der Waals surface area contributed by atoms with E-state index in [4.69, 9.17) is 16.7 Å². The Morgan fingerprint density at radius 3 is 2.83 bits per heavy atom. The van der Waals surface area contributed by atoms with E-state index in [1.165, 1.54) is 12.3 Å². The van der Waals surface area contributed by atoms with Crippen LogP contribution in [0.3, 0.4) is 0 Å². The van der Waals surface area contributed by atoms with Crippen LogP contribution >= 0.6 is 11.6 Å². The molecule has 94 valence electrons. The minimum absolute atomic E-state index is 0.217. The Hall–Kier alpha value is -1.88. The van der Waals surface area contributed by atoms with Crippen LogP contribution in [0, 0.1) is 5.92 Å². The summed E-state index contributed by atoms with van der Waals surface area (Å²) in [5.74, 6) is -1.79. The van der Waals surface area contributed by atoms with Crippen LogP contribution in [0.2, 0.25) is 5.02 Å². The first-order valence-corrected chi connectivity index (χ1v) is 5.77. The Kier molecular flexibility index (Phi) is 3.62. The highest BCUT2D eigenvalue weighted by atomic mass is 35.5. The van der Waals surface area contributed by atoms with E-state index in [-0.39, 0.29) is 17.6 Å². The Bertz CT molecular complexity index is 516. The number of nitrogens with one attached hydrogen (secondary N) is 1. The molecular weight excluding hydrogens is 256 g/mol. The smallest absolute Gasteiger partial charge is 0.310 e. The lowest BCUT2D eigenvalue weighted by molar-refractivity contribution is -0.140. The number of aliphatic carboxylic acids is 1. The normalized spacial score (nSPS) is 21.8. The quantitative estimate of drug-likeness (QED) is 0.813. The third kappa shape index (κ3) is 2.87. The minimum Gasteiger partial charge on any atom is -0.481 e. The number of carbonyl (C=O) groups excluding carboxylic acids is 1. The summed E-state index contributed by atoms with van der Waals surface area (Å²) in [5, 5.41) is 12.0. The van der Waals surface area contributed by atoms with Crippen LogP contribution in [0.4, 0.5) is 0 Å². The molecule has 1 amide bonds. The molecule has 1 aliphatic rings. The second kappa shape index (κ2) is 5.18. The zero-order chi connectivity index (χ0) is 13.1. The number of hydrogen-bond donors (Lipinski definition) is 2. The van der Waals surface area contributed by atoms with Crippen LogP contribution in [-0.4, -0.2) is 28.0 Å². The third-order valence-corrected chi connectivity index (χ3v) is 2.91. The third-order valence-electron chi connectivity index (χ3n) is 2.67. The molecule has 0 spiro atoms. The number of halogens is 1. The van der Waals surface area contributed by atoms with E-state index in [1.807, 2.05) is 0 Å². The van der Waals surface area contributed by atoms with Crippen molar-refractivity contribution in [3.05, 3.63) is 41.2 Å². The van der Waals surface area contributed by atoms with Crippen molar-refractivity contribution in [2.24, 2.45) is 5.92 Å². The lowest BCUT2D eigenvalue weighted by Gasteiger charge is -2.11. The fourth-order valence-electron chi connectivity index (χ4n) is 1.76. The van der Waals surface area contributed by atoms with Gasteiger partial charge in [-0.1, -0.05) is 23.8 Å². The van der Waals surface area contributed by atoms with Crippen molar-refractivity contribution in [2.45, 2.75) is 12.5 Å². The summed E-state index contributed by atoms with van der Waals surface area (Å²) in [6, 6.07) is 2.76. The monoisotopic (exact) mass is 266 g/mol. The van der Waals surface area contributed by atoms with E-state index in [1.54, 1.807) is 18.2 Å². The van der Waals surface area contributed by atoms with Gasteiger partial charge in [-0.3, -0.25) is 14.6 Å². The average molecular weight is 267 g/mol. The van der Waals surface area contributed by atoms with Crippen LogP contribution in [-0.2, 0) is 4.79 Å². The fourth-order valence-corrected chi connectivity index (χ4v) is 1.92. The summed E-state index contributed by atoms with van der Waals surface area (Å²) in [6.45, 7) is 0. The molecule has 6 heteroatoms. The number of aromatic nitrogens is 1. The molecule has 0 aromatic carbocycles. The van der Waals surface area contributed by atoms with E-state index >= 15 is 0 Å². The maximum Gasteiger partial charge on any atom is 0.310 e. The highest BCUT2D eigenvalue weighted by Crippen LogP contribution is 2.18. The molecule has 1 heterocycles. The zero-order valence-corrected chi connectivity index (χ0v) is 10.1. The molecule has 1 aromatic heterocycles. The van der Waals surface area contributed by atoms with Crippen LogP contribution < -0.4 is 5.32 Å². The van der Waals surface area contributed by atoms with Gasteiger partial charge >= 0.3 is 5.97 Å². The standard InChI is InChI=1S/C12H11ClN2O3/c13-8-3-4-14-10(6-8)11(16)15-9-2-1-7(5-9)12(17)18/h1-4,6-7,9H,5H2,(H,15,16)(H,17,18). The summed E-state index contributed by atoms with van der Waals surface area (Å²) in [6.07, 6.45) is 5.07. The molecule has 0 saturated heterocycles. The van der Waals surface area contributed by atoms with Gasteiger partial charge in [-0.05, 0) is 18.6 Å². The number of nitrogens with zero attached hydrogens (tertiary/aromatic N) is 1. The lowest BCUT2D eigenvalue weighted by Crippen LogP contribution is -2.33. The van der Waals surface area contributed by atoms with Gasteiger partial charge in [-0.25, -0.2) is 0 Å². The van der Waals surface area contributed by atoms with Crippen molar-refractivity contribution in [2.75, 3.05) is 0 Å². The van der Waals surface area contributed by atoms with Crippen molar-refractivity contribution in [1.29, 1.82) is 0 Å². The molecule has 0 fully saturated rings. The van der Waals surface area contributed by atoms with Crippen molar-refractivity contribution >= 4 is 23.5 Å². The molecule has 2 atom stereocenters. The Labute approximate surface area is 108 Å². The maximum absolute atomic E-state index is 11.8. The SMILES string of the molecule is O=C(NC1C=CC(C(=O)O)C1)c1cc(Cl)ccn1. The van der Waals surface area contributed by atoms with Gasteiger partial charge in [0.2, 0.25) is 0 Å². The molecule has 0 radical (unpaired) electrons. The molecule has 1 aromatic rings. The maximum atomic E-state index is 11.8. The lowest BCUT2D eigenvalue weighted by atomic mass is 10.1. The molecule has 0 saturated carbocycles. The number of hydrogen-bond acceptors (Lipinski definition) is 3. The molecule has 2 rings (SSSR count). The summed E-state index contributed by atoms with van der Waals surface area (Å²) in [4.78, 5) is 26.5.